The first-order chi connectivity index (χ1) is 10.8. The zero-order valence-electron chi connectivity index (χ0n) is 12.0. The topological polar surface area (TPSA) is 49.8 Å². The van der Waals surface area contributed by atoms with Crippen LogP contribution >= 0.6 is 0 Å². The highest BCUT2D eigenvalue weighted by molar-refractivity contribution is 6.10. The van der Waals surface area contributed by atoms with Crippen molar-refractivity contribution in [1.29, 1.82) is 5.26 Å². The smallest absolute Gasteiger partial charge is 0.144 e. The van der Waals surface area contributed by atoms with Crippen LogP contribution in [0.2, 0.25) is 0 Å². The lowest BCUT2D eigenvalue weighted by molar-refractivity contribution is 0.666. The van der Waals surface area contributed by atoms with E-state index in [-0.39, 0.29) is 0 Å². The van der Waals surface area contributed by atoms with Crippen molar-refractivity contribution in [3.8, 4) is 17.3 Å². The fraction of sp³-hybridized carbons (Fsp3) is 0.0526. The molecule has 0 saturated carbocycles. The van der Waals surface area contributed by atoms with Gasteiger partial charge in [-0.25, -0.2) is 0 Å². The van der Waals surface area contributed by atoms with Crippen molar-refractivity contribution in [3.05, 3.63) is 65.9 Å². The first-order valence-electron chi connectivity index (χ1n) is 7.05. The molecule has 0 unspecified atom stereocenters. The number of furan rings is 1. The number of aryl methyl sites for hydroxylation is 1. The van der Waals surface area contributed by atoms with Crippen LogP contribution in [-0.2, 0) is 0 Å². The number of hydrogen-bond acceptors (Lipinski definition) is 3. The predicted octanol–water partition coefficient (Wildman–Crippen LogP) is 4.83. The van der Waals surface area contributed by atoms with Gasteiger partial charge in [0, 0.05) is 22.5 Å². The predicted molar refractivity (Wildman–Crippen MR) is 86.4 cm³/mol. The molecule has 0 amide bonds. The molecular formula is C19H12N2O. The van der Waals surface area contributed by atoms with Crippen molar-refractivity contribution in [2.75, 3.05) is 0 Å². The lowest BCUT2D eigenvalue weighted by Crippen LogP contribution is -1.82. The third-order valence-corrected chi connectivity index (χ3v) is 3.85. The van der Waals surface area contributed by atoms with E-state index >= 15 is 0 Å². The fourth-order valence-corrected chi connectivity index (χ4v) is 2.86. The van der Waals surface area contributed by atoms with Gasteiger partial charge in [0.15, 0.2) is 0 Å². The molecule has 0 aliphatic rings. The summed E-state index contributed by atoms with van der Waals surface area (Å²) in [5, 5.41) is 11.2. The molecular weight excluding hydrogens is 272 g/mol. The van der Waals surface area contributed by atoms with E-state index in [1.165, 1.54) is 0 Å². The van der Waals surface area contributed by atoms with E-state index in [2.05, 4.69) is 11.1 Å². The number of benzene rings is 2. The van der Waals surface area contributed by atoms with E-state index in [0.29, 0.717) is 5.56 Å². The number of nitriles is 1. The molecule has 104 valence electrons. The summed E-state index contributed by atoms with van der Waals surface area (Å²) in [6.07, 6.45) is 1.77. The number of rotatable bonds is 1. The SMILES string of the molecule is Cc1cc(C#N)cc2c1oc1c(-c3ccccn3)cccc12. The lowest BCUT2D eigenvalue weighted by Gasteiger charge is -2.00. The molecule has 0 aliphatic carbocycles. The van der Waals surface area contributed by atoms with E-state index in [9.17, 15) is 5.26 Å². The molecule has 0 bridgehead atoms. The standard InChI is InChI=1S/C19H12N2O/c1-12-9-13(11-20)10-16-14-5-4-6-15(19(14)22-18(12)16)17-7-2-3-8-21-17/h2-10H,1H3. The molecule has 4 aromatic rings. The Bertz CT molecular complexity index is 1040. The summed E-state index contributed by atoms with van der Waals surface area (Å²) in [6.45, 7) is 1.96. The highest BCUT2D eigenvalue weighted by atomic mass is 16.3. The van der Waals surface area contributed by atoms with Gasteiger partial charge >= 0.3 is 0 Å². The van der Waals surface area contributed by atoms with Gasteiger partial charge in [-0.1, -0.05) is 18.2 Å². The van der Waals surface area contributed by atoms with Crippen LogP contribution in [0.1, 0.15) is 11.1 Å². The van der Waals surface area contributed by atoms with Gasteiger partial charge < -0.3 is 4.42 Å². The van der Waals surface area contributed by atoms with E-state index in [1.807, 2.05) is 55.5 Å². The Balaban J connectivity index is 2.13. The molecule has 2 aromatic heterocycles. The molecule has 0 N–H and O–H groups in total. The van der Waals surface area contributed by atoms with Crippen molar-refractivity contribution in [3.63, 3.8) is 0 Å². The third-order valence-electron chi connectivity index (χ3n) is 3.85. The summed E-state index contributed by atoms with van der Waals surface area (Å²) in [4.78, 5) is 4.41. The molecule has 0 saturated heterocycles. The minimum atomic E-state index is 0.649. The highest BCUT2D eigenvalue weighted by Crippen LogP contribution is 2.36. The summed E-state index contributed by atoms with van der Waals surface area (Å²) < 4.78 is 6.12. The maximum absolute atomic E-state index is 9.17. The first-order valence-corrected chi connectivity index (χ1v) is 7.05. The molecule has 0 radical (unpaired) electrons. The number of nitrogens with zero attached hydrogens (tertiary/aromatic N) is 2. The number of aromatic nitrogens is 1. The Morgan fingerprint density at radius 1 is 1.00 bits per heavy atom. The Hall–Kier alpha value is -3.12. The van der Waals surface area contributed by atoms with Gasteiger partial charge in [0.2, 0.25) is 0 Å². The average molecular weight is 284 g/mol. The minimum absolute atomic E-state index is 0.649. The molecule has 3 heteroatoms. The quantitative estimate of drug-likeness (QED) is 0.503. The second kappa shape index (κ2) is 4.71. The van der Waals surface area contributed by atoms with Gasteiger partial charge in [-0.3, -0.25) is 4.98 Å². The van der Waals surface area contributed by atoms with Crippen LogP contribution < -0.4 is 0 Å². The van der Waals surface area contributed by atoms with Crippen molar-refractivity contribution in [2.45, 2.75) is 6.92 Å². The Morgan fingerprint density at radius 2 is 1.91 bits per heavy atom. The number of hydrogen-bond donors (Lipinski definition) is 0. The van der Waals surface area contributed by atoms with Crippen molar-refractivity contribution in [2.24, 2.45) is 0 Å². The summed E-state index contributed by atoms with van der Waals surface area (Å²) in [7, 11) is 0. The van der Waals surface area contributed by atoms with Gasteiger partial charge in [-0.2, -0.15) is 5.26 Å². The maximum Gasteiger partial charge on any atom is 0.144 e. The van der Waals surface area contributed by atoms with E-state index in [0.717, 1.165) is 38.8 Å². The van der Waals surface area contributed by atoms with Crippen molar-refractivity contribution >= 4 is 21.9 Å². The van der Waals surface area contributed by atoms with E-state index in [4.69, 9.17) is 4.42 Å². The molecule has 2 heterocycles. The van der Waals surface area contributed by atoms with Gasteiger partial charge in [0.1, 0.15) is 11.2 Å². The molecule has 2 aromatic carbocycles. The van der Waals surface area contributed by atoms with Crippen molar-refractivity contribution in [1.82, 2.24) is 4.98 Å². The molecule has 3 nitrogen and oxygen atoms in total. The fourth-order valence-electron chi connectivity index (χ4n) is 2.86. The molecule has 0 spiro atoms. The van der Waals surface area contributed by atoms with E-state index < -0.39 is 0 Å². The van der Waals surface area contributed by atoms with Crippen LogP contribution in [0.3, 0.4) is 0 Å². The van der Waals surface area contributed by atoms with Crippen LogP contribution in [-0.4, -0.2) is 4.98 Å². The van der Waals surface area contributed by atoms with Gasteiger partial charge in [-0.05, 0) is 42.8 Å². The third kappa shape index (κ3) is 1.78. The summed E-state index contributed by atoms with van der Waals surface area (Å²) in [6, 6.07) is 17.8. The monoisotopic (exact) mass is 284 g/mol. The van der Waals surface area contributed by atoms with Crippen molar-refractivity contribution < 1.29 is 4.42 Å². The second-order valence-corrected chi connectivity index (χ2v) is 5.28. The highest BCUT2D eigenvalue weighted by Gasteiger charge is 2.14. The van der Waals surface area contributed by atoms with Gasteiger partial charge in [0.25, 0.3) is 0 Å². The van der Waals surface area contributed by atoms with Crippen LogP contribution in [0.15, 0.2) is 59.1 Å². The normalized spacial score (nSPS) is 10.9. The molecule has 22 heavy (non-hydrogen) atoms. The molecule has 4 rings (SSSR count). The Labute approximate surface area is 127 Å². The number of fused-ring (bicyclic) bond motifs is 3. The molecule has 0 aliphatic heterocycles. The zero-order chi connectivity index (χ0) is 15.1. The summed E-state index contributed by atoms with van der Waals surface area (Å²) >= 11 is 0. The minimum Gasteiger partial charge on any atom is -0.455 e. The van der Waals surface area contributed by atoms with Crippen LogP contribution in [0.25, 0.3) is 33.2 Å². The molecule has 0 atom stereocenters. The summed E-state index contributed by atoms with van der Waals surface area (Å²) in [5.41, 5.74) is 5.11. The van der Waals surface area contributed by atoms with Crippen LogP contribution in [0, 0.1) is 18.3 Å². The molecule has 0 fully saturated rings. The first kappa shape index (κ1) is 12.6. The largest absolute Gasteiger partial charge is 0.455 e. The average Bonchev–Trinajstić information content (AvgIpc) is 2.95. The zero-order valence-corrected chi connectivity index (χ0v) is 12.0. The lowest BCUT2D eigenvalue weighted by atomic mass is 10.0. The van der Waals surface area contributed by atoms with Crippen LogP contribution in [0.5, 0.6) is 0 Å². The maximum atomic E-state index is 9.17. The van der Waals surface area contributed by atoms with E-state index in [1.54, 1.807) is 6.20 Å². The number of para-hydroxylation sites is 1. The Morgan fingerprint density at radius 3 is 2.68 bits per heavy atom. The second-order valence-electron chi connectivity index (χ2n) is 5.28. The number of pyridine rings is 1. The van der Waals surface area contributed by atoms with Crippen LogP contribution in [0.4, 0.5) is 0 Å². The van der Waals surface area contributed by atoms with Gasteiger partial charge in [0.05, 0.1) is 17.3 Å². The Kier molecular flexibility index (Phi) is 2.70. The van der Waals surface area contributed by atoms with Gasteiger partial charge in [-0.15, -0.1) is 0 Å². The summed E-state index contributed by atoms with van der Waals surface area (Å²) in [5.74, 6) is 0.